The van der Waals surface area contributed by atoms with Crippen molar-refractivity contribution in [3.8, 4) is 0 Å². The second-order valence-electron chi connectivity index (χ2n) is 4.31. The first-order valence-corrected chi connectivity index (χ1v) is 6.51. The molecule has 0 aromatic rings. The Morgan fingerprint density at radius 3 is 2.29 bits per heavy atom. The number of carboxylic acids is 1. The van der Waals surface area contributed by atoms with Crippen molar-refractivity contribution in [3.05, 3.63) is 0 Å². The molecule has 0 rings (SSSR count). The fraction of sp³-hybridized carbons (Fsp3) is 0.846. The largest absolute Gasteiger partial charge is 0.481 e. The summed E-state index contributed by atoms with van der Waals surface area (Å²) >= 11 is 0. The molecule has 0 saturated carbocycles. The standard InChI is InChI=1S/C13H24O4/c1-3-5-7-8-11(10-12(14)15)17-13(16)9-6-4-2/h11H,3-10H2,1-2H3,(H,14,15). The van der Waals surface area contributed by atoms with Crippen molar-refractivity contribution in [2.45, 2.75) is 71.3 Å². The van der Waals surface area contributed by atoms with Crippen LogP contribution in [0.5, 0.6) is 0 Å². The van der Waals surface area contributed by atoms with Crippen LogP contribution in [0.25, 0.3) is 0 Å². The minimum Gasteiger partial charge on any atom is -0.481 e. The lowest BCUT2D eigenvalue weighted by Crippen LogP contribution is -2.21. The molecule has 100 valence electrons. The maximum Gasteiger partial charge on any atom is 0.307 e. The Kier molecular flexibility index (Phi) is 9.49. The number of rotatable bonds is 10. The van der Waals surface area contributed by atoms with Gasteiger partial charge in [-0.05, 0) is 19.3 Å². The van der Waals surface area contributed by atoms with E-state index in [1.807, 2.05) is 6.92 Å². The van der Waals surface area contributed by atoms with Gasteiger partial charge in [0.15, 0.2) is 0 Å². The summed E-state index contributed by atoms with van der Waals surface area (Å²) in [6.45, 7) is 4.09. The van der Waals surface area contributed by atoms with Gasteiger partial charge in [-0.3, -0.25) is 9.59 Å². The van der Waals surface area contributed by atoms with Gasteiger partial charge in [-0.15, -0.1) is 0 Å². The average Bonchev–Trinajstić information content (AvgIpc) is 2.25. The van der Waals surface area contributed by atoms with Gasteiger partial charge in [0.25, 0.3) is 0 Å². The lowest BCUT2D eigenvalue weighted by molar-refractivity contribution is -0.153. The van der Waals surface area contributed by atoms with Crippen LogP contribution in [-0.4, -0.2) is 23.1 Å². The molecule has 4 nitrogen and oxygen atoms in total. The summed E-state index contributed by atoms with van der Waals surface area (Å²) < 4.78 is 5.19. The van der Waals surface area contributed by atoms with Crippen molar-refractivity contribution in [2.75, 3.05) is 0 Å². The first-order valence-electron chi connectivity index (χ1n) is 6.51. The van der Waals surface area contributed by atoms with Crippen molar-refractivity contribution < 1.29 is 19.4 Å². The minimum atomic E-state index is -0.908. The fourth-order valence-electron chi connectivity index (χ4n) is 1.59. The predicted molar refractivity (Wildman–Crippen MR) is 65.8 cm³/mol. The molecule has 0 aliphatic heterocycles. The summed E-state index contributed by atoms with van der Waals surface area (Å²) in [6, 6.07) is 0. The normalized spacial score (nSPS) is 12.1. The van der Waals surface area contributed by atoms with Gasteiger partial charge in [0, 0.05) is 6.42 Å². The molecule has 17 heavy (non-hydrogen) atoms. The number of hydrogen-bond donors (Lipinski definition) is 1. The van der Waals surface area contributed by atoms with Gasteiger partial charge in [0.1, 0.15) is 6.10 Å². The molecule has 0 radical (unpaired) electrons. The maximum atomic E-state index is 11.4. The Morgan fingerprint density at radius 1 is 1.12 bits per heavy atom. The van der Waals surface area contributed by atoms with Crippen LogP contribution in [0.15, 0.2) is 0 Å². The maximum absolute atomic E-state index is 11.4. The highest BCUT2D eigenvalue weighted by Crippen LogP contribution is 2.12. The van der Waals surface area contributed by atoms with Crippen molar-refractivity contribution in [2.24, 2.45) is 0 Å². The Hall–Kier alpha value is -1.06. The van der Waals surface area contributed by atoms with Gasteiger partial charge in [-0.25, -0.2) is 0 Å². The van der Waals surface area contributed by atoms with Crippen LogP contribution in [0.1, 0.15) is 65.2 Å². The second kappa shape index (κ2) is 10.1. The van der Waals surface area contributed by atoms with Gasteiger partial charge >= 0.3 is 11.9 Å². The molecular formula is C13H24O4. The van der Waals surface area contributed by atoms with E-state index < -0.39 is 12.1 Å². The van der Waals surface area contributed by atoms with Gasteiger partial charge in [-0.1, -0.05) is 33.1 Å². The summed E-state index contributed by atoms with van der Waals surface area (Å²) in [5.74, 6) is -1.18. The zero-order valence-corrected chi connectivity index (χ0v) is 10.9. The third kappa shape index (κ3) is 9.85. The van der Waals surface area contributed by atoms with Crippen LogP contribution >= 0.6 is 0 Å². The molecule has 0 saturated heterocycles. The summed E-state index contributed by atoms with van der Waals surface area (Å²) in [4.78, 5) is 22.1. The number of unbranched alkanes of at least 4 members (excludes halogenated alkanes) is 3. The highest BCUT2D eigenvalue weighted by Gasteiger charge is 2.17. The molecule has 1 unspecified atom stereocenters. The third-order valence-corrected chi connectivity index (χ3v) is 2.56. The molecule has 1 atom stereocenters. The third-order valence-electron chi connectivity index (χ3n) is 2.56. The van der Waals surface area contributed by atoms with E-state index in [0.29, 0.717) is 12.8 Å². The molecule has 0 fully saturated rings. The first kappa shape index (κ1) is 15.9. The van der Waals surface area contributed by atoms with E-state index in [1.54, 1.807) is 0 Å². The van der Waals surface area contributed by atoms with E-state index in [9.17, 15) is 9.59 Å². The number of ether oxygens (including phenoxy) is 1. The predicted octanol–water partition coefficient (Wildman–Crippen LogP) is 3.14. The van der Waals surface area contributed by atoms with E-state index >= 15 is 0 Å². The van der Waals surface area contributed by atoms with Gasteiger partial charge in [0.2, 0.25) is 0 Å². The second-order valence-corrected chi connectivity index (χ2v) is 4.31. The molecule has 0 aromatic heterocycles. The lowest BCUT2D eigenvalue weighted by Gasteiger charge is -2.15. The molecule has 0 amide bonds. The summed E-state index contributed by atoms with van der Waals surface area (Å²) in [5.41, 5.74) is 0. The number of carbonyl (C=O) groups is 2. The Morgan fingerprint density at radius 2 is 1.76 bits per heavy atom. The van der Waals surface area contributed by atoms with E-state index in [0.717, 1.165) is 32.1 Å². The summed E-state index contributed by atoms with van der Waals surface area (Å²) in [6.07, 6.45) is 5.27. The molecule has 0 spiro atoms. The quantitative estimate of drug-likeness (QED) is 0.473. The molecule has 0 aliphatic carbocycles. The van der Waals surface area contributed by atoms with Crippen molar-refractivity contribution in [1.82, 2.24) is 0 Å². The van der Waals surface area contributed by atoms with Gasteiger partial charge in [0.05, 0.1) is 6.42 Å². The molecule has 0 bridgehead atoms. The first-order chi connectivity index (χ1) is 8.10. The number of esters is 1. The molecule has 0 heterocycles. The highest BCUT2D eigenvalue weighted by atomic mass is 16.5. The van der Waals surface area contributed by atoms with Crippen molar-refractivity contribution in [3.63, 3.8) is 0 Å². The van der Waals surface area contributed by atoms with Crippen LogP contribution in [0.4, 0.5) is 0 Å². The zero-order valence-electron chi connectivity index (χ0n) is 10.9. The van der Waals surface area contributed by atoms with Crippen LogP contribution in [0, 0.1) is 0 Å². The number of carboxylic acid groups (broad SMARTS) is 1. The van der Waals surface area contributed by atoms with Gasteiger partial charge < -0.3 is 9.84 Å². The Bertz CT molecular complexity index is 225. The Balaban J connectivity index is 3.98. The van der Waals surface area contributed by atoms with Crippen LogP contribution in [-0.2, 0) is 14.3 Å². The van der Waals surface area contributed by atoms with E-state index in [-0.39, 0.29) is 12.4 Å². The van der Waals surface area contributed by atoms with Crippen LogP contribution < -0.4 is 0 Å². The number of aliphatic carboxylic acids is 1. The average molecular weight is 244 g/mol. The van der Waals surface area contributed by atoms with Crippen LogP contribution in [0.3, 0.4) is 0 Å². The fourth-order valence-corrected chi connectivity index (χ4v) is 1.59. The molecule has 4 heteroatoms. The molecule has 0 aromatic carbocycles. The lowest BCUT2D eigenvalue weighted by atomic mass is 10.1. The topological polar surface area (TPSA) is 63.6 Å². The number of carbonyl (C=O) groups excluding carboxylic acids is 1. The molecule has 0 aliphatic rings. The van der Waals surface area contributed by atoms with E-state index in [4.69, 9.17) is 9.84 Å². The monoisotopic (exact) mass is 244 g/mol. The Labute approximate surface area is 103 Å². The van der Waals surface area contributed by atoms with E-state index in [2.05, 4.69) is 6.92 Å². The minimum absolute atomic E-state index is 0.0818. The summed E-state index contributed by atoms with van der Waals surface area (Å²) in [7, 11) is 0. The van der Waals surface area contributed by atoms with Crippen molar-refractivity contribution in [1.29, 1.82) is 0 Å². The van der Waals surface area contributed by atoms with E-state index in [1.165, 1.54) is 0 Å². The van der Waals surface area contributed by atoms with Crippen LogP contribution in [0.2, 0.25) is 0 Å². The van der Waals surface area contributed by atoms with Gasteiger partial charge in [-0.2, -0.15) is 0 Å². The molecular weight excluding hydrogens is 220 g/mol. The SMILES string of the molecule is CCCCCC(CC(=O)O)OC(=O)CCCC. The smallest absolute Gasteiger partial charge is 0.307 e. The summed E-state index contributed by atoms with van der Waals surface area (Å²) in [5, 5.41) is 8.74. The van der Waals surface area contributed by atoms with Crippen molar-refractivity contribution >= 4 is 11.9 Å². The zero-order chi connectivity index (χ0) is 13.1. The number of hydrogen-bond acceptors (Lipinski definition) is 3. The molecule has 1 N–H and O–H groups in total. The highest BCUT2D eigenvalue weighted by molar-refractivity contribution is 5.71.